The number of carboxylic acid groups (broad SMARTS) is 1. The Balaban J connectivity index is 3.78. The number of hydrogen-bond acceptors (Lipinski definition) is 5. The number of carbonyl (C=O) groups excluding carboxylic acids is 2. The molecule has 0 spiro atoms. The van der Waals surface area contributed by atoms with Crippen LogP contribution in [-0.4, -0.2) is 41.6 Å². The molecule has 0 bridgehead atoms. The van der Waals surface area contributed by atoms with Gasteiger partial charge in [0, 0.05) is 12.8 Å². The van der Waals surface area contributed by atoms with Gasteiger partial charge in [0.1, 0.15) is 12.1 Å². The third kappa shape index (κ3) is 31.7. The van der Waals surface area contributed by atoms with Gasteiger partial charge in [0.15, 0.2) is 0 Å². The van der Waals surface area contributed by atoms with Crippen LogP contribution in [0.2, 0.25) is 0 Å². The van der Waals surface area contributed by atoms with Crippen molar-refractivity contribution < 1.29 is 24.2 Å². The second kappa shape index (κ2) is 35.4. The average molecular weight is 671 g/mol. The molecule has 7 heteroatoms. The number of amides is 1. The van der Waals surface area contributed by atoms with Crippen LogP contribution in [-0.2, 0) is 19.1 Å². The highest BCUT2D eigenvalue weighted by Crippen LogP contribution is 2.16. The number of carbonyl (C=O) groups is 3. The zero-order chi connectivity index (χ0) is 35.3. The number of carboxylic acids is 1. The second-order valence-electron chi connectivity index (χ2n) is 12.6. The summed E-state index contributed by atoms with van der Waals surface area (Å²) in [6.45, 7) is 4.65. The summed E-state index contributed by atoms with van der Waals surface area (Å²) in [5.41, 5.74) is 5.45. The SMILES string of the molecule is CC/C=C\C/C=C\C/C=C\C/C=C\C/C=C\CCCCCCCCCC(=O)OC(CCC)CCCCCC(=O)NC(CCCN)C(=O)O. The van der Waals surface area contributed by atoms with E-state index in [-0.39, 0.29) is 18.0 Å². The van der Waals surface area contributed by atoms with Crippen LogP contribution < -0.4 is 11.1 Å². The lowest BCUT2D eigenvalue weighted by atomic mass is 10.0. The molecule has 274 valence electrons. The summed E-state index contributed by atoms with van der Waals surface area (Å²) in [7, 11) is 0. The molecule has 0 aliphatic rings. The van der Waals surface area contributed by atoms with Crippen molar-refractivity contribution in [3.63, 3.8) is 0 Å². The van der Waals surface area contributed by atoms with Crippen LogP contribution in [0.15, 0.2) is 60.8 Å². The van der Waals surface area contributed by atoms with Crippen molar-refractivity contribution in [3.8, 4) is 0 Å². The Morgan fingerprint density at radius 3 is 1.71 bits per heavy atom. The van der Waals surface area contributed by atoms with Crippen molar-refractivity contribution >= 4 is 17.8 Å². The number of nitrogens with two attached hydrogens (primary N) is 1. The molecular weight excluding hydrogens is 600 g/mol. The molecule has 1 amide bonds. The predicted molar refractivity (Wildman–Crippen MR) is 202 cm³/mol. The van der Waals surface area contributed by atoms with Gasteiger partial charge < -0.3 is 20.9 Å². The number of hydrogen-bond donors (Lipinski definition) is 3. The lowest BCUT2D eigenvalue weighted by molar-refractivity contribution is -0.150. The van der Waals surface area contributed by atoms with Crippen LogP contribution in [0.1, 0.15) is 162 Å². The zero-order valence-corrected chi connectivity index (χ0v) is 30.6. The Hall–Kier alpha value is -2.93. The molecule has 0 saturated heterocycles. The molecule has 0 aromatic carbocycles. The molecule has 7 nitrogen and oxygen atoms in total. The first kappa shape index (κ1) is 45.1. The van der Waals surface area contributed by atoms with E-state index in [9.17, 15) is 19.5 Å². The number of rotatable bonds is 33. The van der Waals surface area contributed by atoms with E-state index in [4.69, 9.17) is 10.5 Å². The minimum Gasteiger partial charge on any atom is -0.480 e. The maximum atomic E-state index is 12.4. The van der Waals surface area contributed by atoms with Gasteiger partial charge in [-0.05, 0) is 96.4 Å². The Bertz CT molecular complexity index is 937. The van der Waals surface area contributed by atoms with Crippen LogP contribution in [0.25, 0.3) is 0 Å². The van der Waals surface area contributed by atoms with E-state index in [1.165, 1.54) is 32.1 Å². The molecule has 0 heterocycles. The Morgan fingerprint density at radius 2 is 1.15 bits per heavy atom. The van der Waals surface area contributed by atoms with Crippen LogP contribution in [0.4, 0.5) is 0 Å². The first-order valence-corrected chi connectivity index (χ1v) is 19.1. The fraction of sp³-hybridized carbons (Fsp3) is 0.683. The standard InChI is InChI=1S/C41H70N2O5/c1-3-5-6-7-8-9-10-11-12-13-14-15-16-17-18-19-20-21-22-23-24-25-29-35-40(45)48-37(31-4-2)32-27-26-28-34-39(44)43-38(41(46)47)33-30-36-42/h5-6,8-9,11-12,14-15,17-18,37-38H,3-4,7,10,13,16,19-36,42H2,1-2H3,(H,43,44)(H,46,47)/b6-5-,9-8-,12-11-,15-14-,18-17-. The summed E-state index contributed by atoms with van der Waals surface area (Å²) >= 11 is 0. The third-order valence-electron chi connectivity index (χ3n) is 8.08. The summed E-state index contributed by atoms with van der Waals surface area (Å²) in [4.78, 5) is 35.8. The maximum absolute atomic E-state index is 12.4. The monoisotopic (exact) mass is 671 g/mol. The highest BCUT2D eigenvalue weighted by molar-refractivity contribution is 5.83. The van der Waals surface area contributed by atoms with Gasteiger partial charge in [-0.15, -0.1) is 0 Å². The van der Waals surface area contributed by atoms with Crippen molar-refractivity contribution in [3.05, 3.63) is 60.8 Å². The molecule has 0 rings (SSSR count). The van der Waals surface area contributed by atoms with Crippen LogP contribution in [0, 0.1) is 0 Å². The number of esters is 1. The fourth-order valence-electron chi connectivity index (χ4n) is 5.29. The van der Waals surface area contributed by atoms with Gasteiger partial charge in [0.25, 0.3) is 0 Å². The quantitative estimate of drug-likeness (QED) is 0.0363. The minimum atomic E-state index is -1.02. The van der Waals surface area contributed by atoms with Crippen molar-refractivity contribution in [1.29, 1.82) is 0 Å². The van der Waals surface area contributed by atoms with Crippen LogP contribution in [0.5, 0.6) is 0 Å². The smallest absolute Gasteiger partial charge is 0.326 e. The fourth-order valence-corrected chi connectivity index (χ4v) is 5.29. The minimum absolute atomic E-state index is 0.0630. The van der Waals surface area contributed by atoms with Crippen molar-refractivity contribution in [2.45, 2.75) is 174 Å². The number of unbranched alkanes of at least 4 members (excludes halogenated alkanes) is 9. The first-order chi connectivity index (χ1) is 23.4. The van der Waals surface area contributed by atoms with E-state index in [0.717, 1.165) is 83.5 Å². The Morgan fingerprint density at radius 1 is 0.625 bits per heavy atom. The van der Waals surface area contributed by atoms with E-state index in [1.807, 2.05) is 0 Å². The van der Waals surface area contributed by atoms with E-state index < -0.39 is 12.0 Å². The topological polar surface area (TPSA) is 119 Å². The normalized spacial score (nSPS) is 13.4. The molecule has 0 aliphatic heterocycles. The molecule has 4 N–H and O–H groups in total. The molecule has 0 aromatic rings. The number of allylic oxidation sites excluding steroid dienone is 10. The number of aliphatic carboxylic acids is 1. The second-order valence-corrected chi connectivity index (χ2v) is 12.6. The van der Waals surface area contributed by atoms with E-state index >= 15 is 0 Å². The summed E-state index contributed by atoms with van der Waals surface area (Å²) < 4.78 is 5.77. The van der Waals surface area contributed by atoms with Crippen LogP contribution in [0.3, 0.4) is 0 Å². The molecule has 0 fully saturated rings. The first-order valence-electron chi connectivity index (χ1n) is 19.1. The van der Waals surface area contributed by atoms with Gasteiger partial charge in [-0.25, -0.2) is 4.79 Å². The van der Waals surface area contributed by atoms with Crippen LogP contribution >= 0.6 is 0 Å². The highest BCUT2D eigenvalue weighted by Gasteiger charge is 2.19. The molecule has 0 aliphatic carbocycles. The van der Waals surface area contributed by atoms with Gasteiger partial charge >= 0.3 is 11.9 Å². The van der Waals surface area contributed by atoms with Crippen molar-refractivity contribution in [1.82, 2.24) is 5.32 Å². The largest absolute Gasteiger partial charge is 0.480 e. The summed E-state index contributed by atoms with van der Waals surface area (Å²) in [5.74, 6) is -1.36. The summed E-state index contributed by atoms with van der Waals surface area (Å²) in [6.07, 6.45) is 43.4. The predicted octanol–water partition coefficient (Wildman–Crippen LogP) is 10.2. The Kier molecular flexibility index (Phi) is 33.2. The molecule has 48 heavy (non-hydrogen) atoms. The van der Waals surface area contributed by atoms with Gasteiger partial charge in [-0.3, -0.25) is 9.59 Å². The lowest BCUT2D eigenvalue weighted by Gasteiger charge is -2.17. The number of nitrogens with one attached hydrogen (secondary N) is 1. The molecule has 2 unspecified atom stereocenters. The van der Waals surface area contributed by atoms with Gasteiger partial charge in [0.05, 0.1) is 0 Å². The van der Waals surface area contributed by atoms with E-state index in [2.05, 4.69) is 79.9 Å². The Labute approximate surface area is 293 Å². The van der Waals surface area contributed by atoms with Crippen molar-refractivity contribution in [2.75, 3.05) is 6.54 Å². The zero-order valence-electron chi connectivity index (χ0n) is 30.6. The number of ether oxygens (including phenoxy) is 1. The van der Waals surface area contributed by atoms with E-state index in [0.29, 0.717) is 38.6 Å². The van der Waals surface area contributed by atoms with Crippen molar-refractivity contribution in [2.24, 2.45) is 5.73 Å². The molecule has 2 atom stereocenters. The molecule has 0 radical (unpaired) electrons. The lowest BCUT2D eigenvalue weighted by Crippen LogP contribution is -2.40. The van der Waals surface area contributed by atoms with E-state index in [1.54, 1.807) is 0 Å². The third-order valence-corrected chi connectivity index (χ3v) is 8.08. The summed E-state index contributed by atoms with van der Waals surface area (Å²) in [6, 6.07) is -0.875. The molecule has 0 saturated carbocycles. The maximum Gasteiger partial charge on any atom is 0.326 e. The summed E-state index contributed by atoms with van der Waals surface area (Å²) in [5, 5.41) is 11.8. The van der Waals surface area contributed by atoms with Gasteiger partial charge in [-0.1, -0.05) is 120 Å². The van der Waals surface area contributed by atoms with Gasteiger partial charge in [0.2, 0.25) is 5.91 Å². The average Bonchev–Trinajstić information content (AvgIpc) is 3.06. The van der Waals surface area contributed by atoms with Gasteiger partial charge in [-0.2, -0.15) is 0 Å². The highest BCUT2D eigenvalue weighted by atomic mass is 16.5. The molecule has 0 aromatic heterocycles. The molecular formula is C41H70N2O5.